The molecule has 0 atom stereocenters. The summed E-state index contributed by atoms with van der Waals surface area (Å²) in [6.07, 6.45) is 0.831. The number of phenolic OH excluding ortho intramolecular Hbond substituents is 2. The number of H-pyrrole nitrogens is 1. The Kier molecular flexibility index (Phi) is 5.43. The lowest BCUT2D eigenvalue weighted by molar-refractivity contribution is 0.122. The first-order valence-corrected chi connectivity index (χ1v) is 10.8. The van der Waals surface area contributed by atoms with E-state index in [-0.39, 0.29) is 16.5 Å². The van der Waals surface area contributed by atoms with Gasteiger partial charge in [-0.1, -0.05) is 17.7 Å². The van der Waals surface area contributed by atoms with Crippen molar-refractivity contribution in [2.45, 2.75) is 19.5 Å². The molecule has 9 heteroatoms. The normalized spacial score (nSPS) is 17.0. The highest BCUT2D eigenvalue weighted by molar-refractivity contribution is 6.32. The standard InChI is InChI=1S/C22H24ClN5O3/c23-17-10-15(19(29)11-20(17)30)22-16-13-27(5-4-18(16)25-26-22)12-14-2-1-3-21(24-14)28-6-8-31-9-7-28/h1-3,10-11,29-30H,4-9,12-13H2,(H,25,26). The topological polar surface area (TPSA) is 97.7 Å². The molecule has 8 nitrogen and oxygen atoms in total. The van der Waals surface area contributed by atoms with Gasteiger partial charge in [-0.2, -0.15) is 5.10 Å². The first-order chi connectivity index (χ1) is 15.1. The Morgan fingerprint density at radius 2 is 1.94 bits per heavy atom. The average Bonchev–Trinajstić information content (AvgIpc) is 3.20. The van der Waals surface area contributed by atoms with Crippen molar-refractivity contribution in [1.82, 2.24) is 20.1 Å². The summed E-state index contributed by atoms with van der Waals surface area (Å²) in [6, 6.07) is 8.97. The molecule has 0 spiro atoms. The average molecular weight is 442 g/mol. The Labute approximate surface area is 185 Å². The number of phenols is 2. The lowest BCUT2D eigenvalue weighted by Crippen LogP contribution is -2.37. The molecule has 4 heterocycles. The number of nitrogens with zero attached hydrogens (tertiary/aromatic N) is 4. The monoisotopic (exact) mass is 441 g/mol. The zero-order valence-corrected chi connectivity index (χ0v) is 17.8. The molecule has 3 N–H and O–H groups in total. The first-order valence-electron chi connectivity index (χ1n) is 10.4. The van der Waals surface area contributed by atoms with Crippen molar-refractivity contribution in [2.75, 3.05) is 37.7 Å². The van der Waals surface area contributed by atoms with E-state index in [1.807, 2.05) is 0 Å². The number of rotatable bonds is 4. The molecule has 2 aromatic heterocycles. The smallest absolute Gasteiger partial charge is 0.137 e. The molecule has 1 saturated heterocycles. The third kappa shape index (κ3) is 4.06. The minimum absolute atomic E-state index is 0.0480. The molecular formula is C22H24ClN5O3. The third-order valence-electron chi connectivity index (χ3n) is 5.85. The minimum atomic E-state index is -0.153. The summed E-state index contributed by atoms with van der Waals surface area (Å²) in [7, 11) is 0. The SMILES string of the molecule is Oc1cc(O)c(-c2n[nH]c3c2CN(Cc2cccc(N4CCOCC4)n2)CC3)cc1Cl. The van der Waals surface area contributed by atoms with Crippen molar-refractivity contribution in [3.8, 4) is 22.8 Å². The van der Waals surface area contributed by atoms with E-state index in [4.69, 9.17) is 21.3 Å². The maximum absolute atomic E-state index is 10.3. The van der Waals surface area contributed by atoms with Gasteiger partial charge in [0.1, 0.15) is 23.0 Å². The molecule has 5 rings (SSSR count). The van der Waals surface area contributed by atoms with E-state index in [0.29, 0.717) is 17.8 Å². The van der Waals surface area contributed by atoms with Gasteiger partial charge in [0.15, 0.2) is 0 Å². The van der Waals surface area contributed by atoms with Gasteiger partial charge < -0.3 is 19.8 Å². The second-order valence-electron chi connectivity index (χ2n) is 7.90. The Morgan fingerprint density at radius 3 is 2.77 bits per heavy atom. The largest absolute Gasteiger partial charge is 0.507 e. The van der Waals surface area contributed by atoms with Crippen LogP contribution in [0.4, 0.5) is 5.82 Å². The fraction of sp³-hybridized carbons (Fsp3) is 0.364. The van der Waals surface area contributed by atoms with Gasteiger partial charge >= 0.3 is 0 Å². The van der Waals surface area contributed by atoms with Crippen LogP contribution in [0.2, 0.25) is 5.02 Å². The summed E-state index contributed by atoms with van der Waals surface area (Å²) in [5.74, 6) is 0.791. The number of anilines is 1. The summed E-state index contributed by atoms with van der Waals surface area (Å²) in [5.41, 5.74) is 4.29. The van der Waals surface area contributed by atoms with E-state index < -0.39 is 0 Å². The number of ether oxygens (including phenoxy) is 1. The van der Waals surface area contributed by atoms with E-state index in [2.05, 4.69) is 38.2 Å². The molecule has 0 radical (unpaired) electrons. The highest BCUT2D eigenvalue weighted by atomic mass is 35.5. The molecule has 0 bridgehead atoms. The van der Waals surface area contributed by atoms with E-state index in [9.17, 15) is 10.2 Å². The zero-order valence-electron chi connectivity index (χ0n) is 17.0. The number of nitrogens with one attached hydrogen (secondary N) is 1. The molecule has 1 aromatic carbocycles. The molecule has 1 fully saturated rings. The number of halogens is 1. The molecular weight excluding hydrogens is 418 g/mol. The minimum Gasteiger partial charge on any atom is -0.507 e. The molecule has 2 aliphatic heterocycles. The van der Waals surface area contributed by atoms with Crippen LogP contribution in [0.1, 0.15) is 17.0 Å². The highest BCUT2D eigenvalue weighted by Crippen LogP contribution is 2.39. The van der Waals surface area contributed by atoms with Crippen LogP contribution < -0.4 is 4.90 Å². The zero-order chi connectivity index (χ0) is 21.4. The highest BCUT2D eigenvalue weighted by Gasteiger charge is 2.25. The lowest BCUT2D eigenvalue weighted by Gasteiger charge is -2.29. The lowest BCUT2D eigenvalue weighted by atomic mass is 10.00. The predicted molar refractivity (Wildman–Crippen MR) is 117 cm³/mol. The van der Waals surface area contributed by atoms with E-state index in [0.717, 1.165) is 68.6 Å². The molecule has 31 heavy (non-hydrogen) atoms. The van der Waals surface area contributed by atoms with E-state index in [1.54, 1.807) is 6.07 Å². The Bertz CT molecular complexity index is 1100. The third-order valence-corrected chi connectivity index (χ3v) is 6.15. The molecule has 0 unspecified atom stereocenters. The fourth-order valence-corrected chi connectivity index (χ4v) is 4.37. The van der Waals surface area contributed by atoms with Crippen LogP contribution in [0.5, 0.6) is 11.5 Å². The fourth-order valence-electron chi connectivity index (χ4n) is 4.20. The number of aromatic hydroxyl groups is 2. The van der Waals surface area contributed by atoms with Gasteiger partial charge in [0.2, 0.25) is 0 Å². The van der Waals surface area contributed by atoms with Crippen molar-refractivity contribution in [1.29, 1.82) is 0 Å². The molecule has 0 aliphatic carbocycles. The number of morpholine rings is 1. The summed E-state index contributed by atoms with van der Waals surface area (Å²) in [6.45, 7) is 5.49. The van der Waals surface area contributed by atoms with Crippen LogP contribution in [-0.2, 0) is 24.2 Å². The van der Waals surface area contributed by atoms with Gasteiger partial charge in [-0.05, 0) is 18.2 Å². The van der Waals surface area contributed by atoms with Crippen molar-refractivity contribution < 1.29 is 14.9 Å². The van der Waals surface area contributed by atoms with Crippen LogP contribution in [0.15, 0.2) is 30.3 Å². The maximum Gasteiger partial charge on any atom is 0.137 e. The van der Waals surface area contributed by atoms with Crippen molar-refractivity contribution in [3.63, 3.8) is 0 Å². The predicted octanol–water partition coefficient (Wildman–Crippen LogP) is 2.93. The second-order valence-corrected chi connectivity index (χ2v) is 8.30. The van der Waals surface area contributed by atoms with Crippen molar-refractivity contribution in [2.24, 2.45) is 0 Å². The van der Waals surface area contributed by atoms with Crippen LogP contribution in [0.25, 0.3) is 11.3 Å². The summed E-state index contributed by atoms with van der Waals surface area (Å²) >= 11 is 6.07. The number of aromatic amines is 1. The maximum atomic E-state index is 10.3. The number of pyridine rings is 1. The van der Waals surface area contributed by atoms with Gasteiger partial charge in [-0.15, -0.1) is 0 Å². The molecule has 0 amide bonds. The molecule has 162 valence electrons. The Hall–Kier alpha value is -2.81. The van der Waals surface area contributed by atoms with Gasteiger partial charge in [0, 0.05) is 62.0 Å². The second kappa shape index (κ2) is 8.37. The molecule has 2 aliphatic rings. The number of benzene rings is 1. The van der Waals surface area contributed by atoms with E-state index in [1.165, 1.54) is 6.07 Å². The van der Waals surface area contributed by atoms with Gasteiger partial charge in [-0.3, -0.25) is 10.00 Å². The summed E-state index contributed by atoms with van der Waals surface area (Å²) in [4.78, 5) is 9.45. The number of hydrogen-bond donors (Lipinski definition) is 3. The first kappa shape index (κ1) is 20.1. The van der Waals surface area contributed by atoms with Gasteiger partial charge in [0.25, 0.3) is 0 Å². The van der Waals surface area contributed by atoms with Crippen LogP contribution in [0, 0.1) is 0 Å². The van der Waals surface area contributed by atoms with Crippen LogP contribution in [-0.4, -0.2) is 63.1 Å². The van der Waals surface area contributed by atoms with Crippen molar-refractivity contribution in [3.05, 3.63) is 52.3 Å². The van der Waals surface area contributed by atoms with Crippen LogP contribution >= 0.6 is 11.6 Å². The van der Waals surface area contributed by atoms with Crippen molar-refractivity contribution >= 4 is 17.4 Å². The van der Waals surface area contributed by atoms with Crippen LogP contribution in [0.3, 0.4) is 0 Å². The number of fused-ring (bicyclic) bond motifs is 1. The summed E-state index contributed by atoms with van der Waals surface area (Å²) in [5, 5.41) is 27.8. The Balaban J connectivity index is 1.36. The molecule has 0 saturated carbocycles. The Morgan fingerprint density at radius 1 is 1.10 bits per heavy atom. The van der Waals surface area contributed by atoms with Gasteiger partial charge in [0.05, 0.1) is 23.9 Å². The quantitative estimate of drug-likeness (QED) is 0.572. The van der Waals surface area contributed by atoms with E-state index >= 15 is 0 Å². The molecule has 3 aromatic rings. The number of hydrogen-bond acceptors (Lipinski definition) is 7. The number of aromatic nitrogens is 3. The van der Waals surface area contributed by atoms with Gasteiger partial charge in [-0.25, -0.2) is 4.98 Å². The summed E-state index contributed by atoms with van der Waals surface area (Å²) < 4.78 is 5.44.